The lowest BCUT2D eigenvalue weighted by molar-refractivity contribution is -0.142. The predicted molar refractivity (Wildman–Crippen MR) is 72.9 cm³/mol. The van der Waals surface area contributed by atoms with E-state index < -0.39 is 11.9 Å². The second-order valence-electron chi connectivity index (χ2n) is 4.95. The number of benzene rings is 1. The first-order chi connectivity index (χ1) is 9.84. The van der Waals surface area contributed by atoms with Crippen molar-refractivity contribution in [3.63, 3.8) is 0 Å². The van der Waals surface area contributed by atoms with Crippen LogP contribution in [-0.2, 0) is 6.18 Å². The zero-order chi connectivity index (χ0) is 15.2. The van der Waals surface area contributed by atoms with E-state index in [9.17, 15) is 13.2 Å². The number of hydrogen-bond donors (Lipinski definition) is 0. The summed E-state index contributed by atoms with van der Waals surface area (Å²) in [5.74, 6) is 0. The van der Waals surface area contributed by atoms with E-state index in [4.69, 9.17) is 0 Å². The van der Waals surface area contributed by atoms with Gasteiger partial charge in [0, 0.05) is 11.6 Å². The third kappa shape index (κ3) is 2.49. The van der Waals surface area contributed by atoms with Crippen molar-refractivity contribution in [3.8, 4) is 11.3 Å². The van der Waals surface area contributed by atoms with Gasteiger partial charge in [0.2, 0.25) is 0 Å². The Balaban J connectivity index is 2.27. The molecule has 6 heteroatoms. The van der Waals surface area contributed by atoms with Crippen LogP contribution in [0.25, 0.3) is 16.9 Å². The highest BCUT2D eigenvalue weighted by Crippen LogP contribution is 2.32. The molecule has 0 saturated heterocycles. The van der Waals surface area contributed by atoms with Crippen LogP contribution in [0.1, 0.15) is 17.0 Å². The molecule has 1 aromatic carbocycles. The predicted octanol–water partition coefficient (Wildman–Crippen LogP) is 4.03. The van der Waals surface area contributed by atoms with Gasteiger partial charge < -0.3 is 0 Å². The Bertz CT molecular complexity index is 801. The third-order valence-electron chi connectivity index (χ3n) is 3.19. The molecule has 3 rings (SSSR count). The maximum Gasteiger partial charge on any atom is 0.433 e. The molecule has 2 heterocycles. The molecule has 0 aliphatic heterocycles. The molecule has 0 fully saturated rings. The van der Waals surface area contributed by atoms with Gasteiger partial charge in [-0.15, -0.1) is 0 Å². The molecule has 0 amide bonds. The Kier molecular flexibility index (Phi) is 2.97. The minimum Gasteiger partial charge on any atom is -0.229 e. The minimum atomic E-state index is -4.49. The summed E-state index contributed by atoms with van der Waals surface area (Å²) in [4.78, 5) is 4.27. The molecule has 0 atom stereocenters. The maximum atomic E-state index is 13.2. The molecule has 0 bridgehead atoms. The second-order valence-corrected chi connectivity index (χ2v) is 4.95. The number of fused-ring (bicyclic) bond motifs is 1. The van der Waals surface area contributed by atoms with Crippen molar-refractivity contribution in [2.45, 2.75) is 20.0 Å². The van der Waals surface area contributed by atoms with Crippen LogP contribution in [0.4, 0.5) is 13.2 Å². The average molecular weight is 291 g/mol. The zero-order valence-corrected chi connectivity index (χ0v) is 11.4. The van der Waals surface area contributed by atoms with Crippen molar-refractivity contribution in [1.29, 1.82) is 0 Å². The average Bonchev–Trinajstić information content (AvgIpc) is 2.77. The molecule has 0 unspecified atom stereocenters. The van der Waals surface area contributed by atoms with Gasteiger partial charge in [-0.05, 0) is 19.9 Å². The molecule has 108 valence electrons. The fourth-order valence-corrected chi connectivity index (χ4v) is 2.16. The Morgan fingerprint density at radius 1 is 1.00 bits per heavy atom. The van der Waals surface area contributed by atoms with E-state index in [0.29, 0.717) is 11.3 Å². The van der Waals surface area contributed by atoms with Crippen molar-refractivity contribution in [2.24, 2.45) is 0 Å². The quantitative estimate of drug-likeness (QED) is 0.677. The summed E-state index contributed by atoms with van der Waals surface area (Å²) >= 11 is 0. The van der Waals surface area contributed by atoms with Gasteiger partial charge in [-0.25, -0.2) is 9.50 Å². The molecule has 3 aromatic rings. The van der Waals surface area contributed by atoms with Crippen LogP contribution in [-0.4, -0.2) is 14.6 Å². The summed E-state index contributed by atoms with van der Waals surface area (Å²) < 4.78 is 40.4. The third-order valence-corrected chi connectivity index (χ3v) is 3.19. The van der Waals surface area contributed by atoms with Gasteiger partial charge in [0.25, 0.3) is 0 Å². The van der Waals surface area contributed by atoms with Gasteiger partial charge in [0.05, 0.1) is 11.4 Å². The van der Waals surface area contributed by atoms with E-state index in [1.165, 1.54) is 6.07 Å². The summed E-state index contributed by atoms with van der Waals surface area (Å²) in [7, 11) is 0. The van der Waals surface area contributed by atoms with Crippen LogP contribution in [0, 0.1) is 13.8 Å². The normalized spacial score (nSPS) is 12.0. The Morgan fingerprint density at radius 3 is 2.29 bits per heavy atom. The number of nitrogens with zero attached hydrogens (tertiary/aromatic N) is 3. The number of alkyl halides is 3. The molecule has 2 aromatic heterocycles. The van der Waals surface area contributed by atoms with Gasteiger partial charge in [-0.2, -0.15) is 18.3 Å². The van der Waals surface area contributed by atoms with Crippen LogP contribution in [0.5, 0.6) is 0 Å². The second kappa shape index (κ2) is 4.58. The zero-order valence-electron chi connectivity index (χ0n) is 11.4. The number of rotatable bonds is 1. The first kappa shape index (κ1) is 13.6. The van der Waals surface area contributed by atoms with E-state index in [-0.39, 0.29) is 11.3 Å². The molecule has 0 spiro atoms. The number of aryl methyl sites for hydroxylation is 2. The van der Waals surface area contributed by atoms with E-state index in [2.05, 4.69) is 10.1 Å². The smallest absolute Gasteiger partial charge is 0.229 e. The molecule has 0 N–H and O–H groups in total. The fraction of sp³-hybridized carbons (Fsp3) is 0.200. The van der Waals surface area contributed by atoms with Crippen LogP contribution < -0.4 is 0 Å². The molecule has 3 nitrogen and oxygen atoms in total. The first-order valence-electron chi connectivity index (χ1n) is 6.36. The number of hydrogen-bond acceptors (Lipinski definition) is 2. The van der Waals surface area contributed by atoms with Gasteiger partial charge in [-0.1, -0.05) is 29.8 Å². The Morgan fingerprint density at radius 2 is 1.67 bits per heavy atom. The van der Waals surface area contributed by atoms with Gasteiger partial charge in [0.15, 0.2) is 11.3 Å². The molecular weight excluding hydrogens is 279 g/mol. The summed E-state index contributed by atoms with van der Waals surface area (Å²) in [5.41, 5.74) is 1.83. The molecule has 0 aliphatic carbocycles. The largest absolute Gasteiger partial charge is 0.433 e. The van der Waals surface area contributed by atoms with Crippen LogP contribution >= 0.6 is 0 Å². The Labute approximate surface area is 119 Å². The highest BCUT2D eigenvalue weighted by Gasteiger charge is 2.35. The highest BCUT2D eigenvalue weighted by atomic mass is 19.4. The van der Waals surface area contributed by atoms with Crippen molar-refractivity contribution >= 4 is 5.65 Å². The maximum absolute atomic E-state index is 13.2. The minimum absolute atomic E-state index is 0.193. The molecule has 0 radical (unpaired) electrons. The lowest BCUT2D eigenvalue weighted by Crippen LogP contribution is -2.13. The van der Waals surface area contributed by atoms with Crippen molar-refractivity contribution in [1.82, 2.24) is 14.6 Å². The summed E-state index contributed by atoms with van der Waals surface area (Å²) in [6.45, 7) is 3.56. The summed E-state index contributed by atoms with van der Waals surface area (Å²) in [5, 5.41) is 3.86. The van der Waals surface area contributed by atoms with E-state index >= 15 is 0 Å². The SMILES string of the molecule is Cc1ccc(-c2cc(C(F)(F)F)n3nc(C)cc3n2)cc1. The molecular formula is C15H12F3N3. The monoisotopic (exact) mass is 291 g/mol. The van der Waals surface area contributed by atoms with E-state index in [0.717, 1.165) is 16.1 Å². The number of halogens is 3. The fourth-order valence-electron chi connectivity index (χ4n) is 2.16. The lowest BCUT2D eigenvalue weighted by Gasteiger charge is -2.11. The van der Waals surface area contributed by atoms with E-state index in [1.54, 1.807) is 19.1 Å². The summed E-state index contributed by atoms with van der Waals surface area (Å²) in [6.07, 6.45) is -4.49. The lowest BCUT2D eigenvalue weighted by atomic mass is 10.1. The highest BCUT2D eigenvalue weighted by molar-refractivity contribution is 5.63. The van der Waals surface area contributed by atoms with Crippen molar-refractivity contribution < 1.29 is 13.2 Å². The van der Waals surface area contributed by atoms with Crippen molar-refractivity contribution in [3.05, 3.63) is 53.3 Å². The van der Waals surface area contributed by atoms with Crippen molar-refractivity contribution in [2.75, 3.05) is 0 Å². The van der Waals surface area contributed by atoms with Crippen LogP contribution in [0.3, 0.4) is 0 Å². The molecule has 0 saturated carbocycles. The standard InChI is InChI=1S/C15H12F3N3/c1-9-3-5-11(6-4-9)12-8-13(15(16,17)18)21-14(19-12)7-10(2)20-21/h3-8H,1-2H3. The first-order valence-corrected chi connectivity index (χ1v) is 6.36. The van der Waals surface area contributed by atoms with Crippen LogP contribution in [0.2, 0.25) is 0 Å². The Hall–Kier alpha value is -2.37. The van der Waals surface area contributed by atoms with E-state index in [1.807, 2.05) is 19.1 Å². The van der Waals surface area contributed by atoms with Gasteiger partial charge in [0.1, 0.15) is 0 Å². The van der Waals surface area contributed by atoms with Crippen LogP contribution in [0.15, 0.2) is 36.4 Å². The molecule has 0 aliphatic rings. The van der Waals surface area contributed by atoms with Gasteiger partial charge in [-0.3, -0.25) is 0 Å². The topological polar surface area (TPSA) is 30.2 Å². The van der Waals surface area contributed by atoms with Gasteiger partial charge >= 0.3 is 6.18 Å². The molecule has 21 heavy (non-hydrogen) atoms. The summed E-state index contributed by atoms with van der Waals surface area (Å²) in [6, 6.07) is 9.78. The number of aromatic nitrogens is 3.